The summed E-state index contributed by atoms with van der Waals surface area (Å²) in [4.78, 5) is 54.2. The number of alkyl halides is 3. The number of nitrogens with zero attached hydrogens (tertiary/aromatic N) is 3. The van der Waals surface area contributed by atoms with Crippen molar-refractivity contribution in [2.45, 2.75) is 88.6 Å². The summed E-state index contributed by atoms with van der Waals surface area (Å²) in [6.45, 7) is 7.36. The smallest absolute Gasteiger partial charge is 0.490 e. The first kappa shape index (κ1) is 49.2. The number of morpholine rings is 1. The zero-order valence-corrected chi connectivity index (χ0v) is 37.6. The summed E-state index contributed by atoms with van der Waals surface area (Å²) >= 11 is 0. The van der Waals surface area contributed by atoms with Crippen LogP contribution in [0.25, 0.3) is 11.0 Å². The summed E-state index contributed by atoms with van der Waals surface area (Å²) in [6.07, 6.45) is 5.78. The molecule has 8 rings (SSSR count). The monoisotopic (exact) mass is 935 g/mol. The van der Waals surface area contributed by atoms with E-state index in [1.165, 1.54) is 17.5 Å². The lowest BCUT2D eigenvalue weighted by atomic mass is 9.88. The molecule has 1 aliphatic carbocycles. The fourth-order valence-corrected chi connectivity index (χ4v) is 9.32. The first-order chi connectivity index (χ1) is 32.3. The zero-order chi connectivity index (χ0) is 47.4. The summed E-state index contributed by atoms with van der Waals surface area (Å²) in [5.41, 5.74) is 4.91. The van der Waals surface area contributed by atoms with Gasteiger partial charge >= 0.3 is 12.1 Å². The highest BCUT2D eigenvalue weighted by atomic mass is 19.4. The first-order valence-corrected chi connectivity index (χ1v) is 23.1. The quantitative estimate of drug-likeness (QED) is 0.0703. The van der Waals surface area contributed by atoms with Crippen LogP contribution >= 0.6 is 0 Å². The number of carboxylic acids is 1. The number of rotatable bonds is 16. The molecule has 1 saturated carbocycles. The van der Waals surface area contributed by atoms with Gasteiger partial charge in [0, 0.05) is 56.3 Å². The average molecular weight is 936 g/mol. The van der Waals surface area contributed by atoms with Crippen LogP contribution in [0.5, 0.6) is 11.5 Å². The number of fused-ring (bicyclic) bond motifs is 2. The first-order valence-electron chi connectivity index (χ1n) is 23.1. The maximum atomic E-state index is 13.6. The second-order valence-corrected chi connectivity index (χ2v) is 17.6. The van der Waals surface area contributed by atoms with Crippen LogP contribution in [0.3, 0.4) is 0 Å². The molecule has 3 aromatic carbocycles. The SMILES string of the molecule is O=C(O)C(F)(F)F.O=C1COc2c(CCNCCN(C(=O)CCOCCc3cccc(CN4CCC5(CC4)CN(C(=O)c4ccc6occc6c4)CCO5)c3)C3CCCCC3)ccc(O)c2N1. The number of amides is 3. The van der Waals surface area contributed by atoms with Gasteiger partial charge in [0.1, 0.15) is 17.0 Å². The van der Waals surface area contributed by atoms with Crippen LogP contribution in [0, 0.1) is 0 Å². The molecule has 2 saturated heterocycles. The number of anilines is 1. The predicted octanol–water partition coefficient (Wildman–Crippen LogP) is 6.55. The van der Waals surface area contributed by atoms with Crippen LogP contribution in [-0.2, 0) is 43.2 Å². The van der Waals surface area contributed by atoms with E-state index in [4.69, 9.17) is 28.5 Å². The van der Waals surface area contributed by atoms with Crippen molar-refractivity contribution in [1.29, 1.82) is 0 Å². The van der Waals surface area contributed by atoms with Crippen LogP contribution in [0.4, 0.5) is 18.9 Å². The summed E-state index contributed by atoms with van der Waals surface area (Å²) in [7, 11) is 0. The van der Waals surface area contributed by atoms with E-state index in [9.17, 15) is 32.7 Å². The fourth-order valence-electron chi connectivity index (χ4n) is 9.32. The van der Waals surface area contributed by atoms with Gasteiger partial charge in [-0.2, -0.15) is 13.2 Å². The molecule has 3 amide bonds. The third kappa shape index (κ3) is 13.5. The van der Waals surface area contributed by atoms with Crippen LogP contribution < -0.4 is 15.4 Å². The van der Waals surface area contributed by atoms with Crippen molar-refractivity contribution >= 4 is 40.3 Å². The molecule has 18 heteroatoms. The van der Waals surface area contributed by atoms with Gasteiger partial charge in [-0.3, -0.25) is 19.3 Å². The molecule has 4 N–H and O–H groups in total. The van der Waals surface area contributed by atoms with Gasteiger partial charge in [0.25, 0.3) is 11.8 Å². The predicted molar refractivity (Wildman–Crippen MR) is 242 cm³/mol. The van der Waals surface area contributed by atoms with E-state index >= 15 is 0 Å². The number of carbonyl (C=O) groups excluding carboxylic acids is 3. The molecule has 0 atom stereocenters. The normalized spacial score (nSPS) is 17.5. The van der Waals surface area contributed by atoms with Gasteiger partial charge in [0.05, 0.1) is 44.7 Å². The van der Waals surface area contributed by atoms with E-state index in [1.807, 2.05) is 35.2 Å². The Morgan fingerprint density at radius 2 is 1.72 bits per heavy atom. The zero-order valence-electron chi connectivity index (χ0n) is 37.6. The number of piperidine rings is 1. The lowest BCUT2D eigenvalue weighted by Crippen LogP contribution is -2.57. The van der Waals surface area contributed by atoms with E-state index in [1.54, 1.807) is 12.3 Å². The number of phenolic OH excluding ortho intramolecular Hbond substituents is 1. The minimum atomic E-state index is -5.08. The third-order valence-corrected chi connectivity index (χ3v) is 12.9. The van der Waals surface area contributed by atoms with Gasteiger partial charge < -0.3 is 49.3 Å². The van der Waals surface area contributed by atoms with E-state index < -0.39 is 12.1 Å². The summed E-state index contributed by atoms with van der Waals surface area (Å²) in [5.74, 6) is -2.32. The van der Waals surface area contributed by atoms with Crippen LogP contribution in [0.2, 0.25) is 0 Å². The van der Waals surface area contributed by atoms with E-state index in [2.05, 4.69) is 44.7 Å². The van der Waals surface area contributed by atoms with Crippen molar-refractivity contribution < 1.29 is 61.2 Å². The van der Waals surface area contributed by atoms with Crippen molar-refractivity contribution in [3.63, 3.8) is 0 Å². The Hall–Kier alpha value is -5.69. The van der Waals surface area contributed by atoms with E-state index in [0.717, 1.165) is 81.1 Å². The number of hydrogen-bond acceptors (Lipinski definition) is 11. The van der Waals surface area contributed by atoms with Gasteiger partial charge in [0.15, 0.2) is 12.4 Å². The number of nitrogens with one attached hydrogen (secondary N) is 2. The molecule has 0 unspecified atom stereocenters. The Morgan fingerprint density at radius 1 is 0.940 bits per heavy atom. The van der Waals surface area contributed by atoms with E-state index in [-0.39, 0.29) is 41.7 Å². The van der Waals surface area contributed by atoms with Crippen molar-refractivity contribution in [3.05, 3.63) is 89.2 Å². The Balaban J connectivity index is 0.000000883. The number of halogens is 3. The molecule has 4 aliphatic rings. The van der Waals surface area contributed by atoms with Crippen LogP contribution in [-0.4, -0.2) is 139 Å². The molecule has 0 radical (unpaired) electrons. The highest BCUT2D eigenvalue weighted by Gasteiger charge is 2.41. The second kappa shape index (κ2) is 22.9. The van der Waals surface area contributed by atoms with Crippen molar-refractivity contribution in [2.75, 3.05) is 77.6 Å². The number of aromatic hydroxyl groups is 1. The van der Waals surface area contributed by atoms with Crippen LogP contribution in [0.15, 0.2) is 71.3 Å². The Morgan fingerprint density at radius 3 is 2.49 bits per heavy atom. The lowest BCUT2D eigenvalue weighted by molar-refractivity contribution is -0.192. The number of furan rings is 1. The van der Waals surface area contributed by atoms with Gasteiger partial charge in [0.2, 0.25) is 5.91 Å². The molecule has 1 aromatic heterocycles. The Labute approximate surface area is 387 Å². The molecule has 362 valence electrons. The lowest BCUT2D eigenvalue weighted by Gasteiger charge is -2.47. The molecule has 4 heterocycles. The van der Waals surface area contributed by atoms with Crippen LogP contribution in [0.1, 0.15) is 78.4 Å². The fraction of sp³-hybridized carbons (Fsp3) is 0.510. The number of aliphatic carboxylic acids is 1. The number of phenols is 1. The highest BCUT2D eigenvalue weighted by molar-refractivity contribution is 5.98. The summed E-state index contributed by atoms with van der Waals surface area (Å²) in [6, 6.07) is 19.9. The van der Waals surface area contributed by atoms with Crippen molar-refractivity contribution in [3.8, 4) is 11.5 Å². The highest BCUT2D eigenvalue weighted by Crippen LogP contribution is 2.39. The van der Waals surface area contributed by atoms with Gasteiger partial charge in [-0.1, -0.05) is 49.6 Å². The summed E-state index contributed by atoms with van der Waals surface area (Å²) < 4.78 is 55.3. The molecule has 3 fully saturated rings. The summed E-state index contributed by atoms with van der Waals surface area (Å²) in [5, 5.41) is 24.4. The number of carboxylic acid groups (broad SMARTS) is 1. The molecular formula is C49H60F3N5O10. The standard InChI is InChI=1S/C47H59N5O8.C2HF3O2/c53-40-11-9-36(45-44(40)49-42(54)32-59-45)13-19-48-20-23-52(39-7-2-1-3-8-39)43(55)16-26-57-25-14-34-5-4-6-35(29-34)31-50-21-17-47(18-22-50)33-51(24-28-60-47)46(56)38-10-12-41-37(30-38)15-27-58-41;3-2(4,5)1(6)7/h4-6,9-12,15,27,29-30,39,48,53H,1-3,7-8,13-14,16-26,28,31-33H2,(H,49,54);(H,6,7). The second-order valence-electron chi connectivity index (χ2n) is 17.6. The van der Waals surface area contributed by atoms with Crippen molar-refractivity contribution in [2.24, 2.45) is 0 Å². The van der Waals surface area contributed by atoms with Crippen molar-refractivity contribution in [1.82, 2.24) is 20.0 Å². The molecule has 15 nitrogen and oxygen atoms in total. The maximum absolute atomic E-state index is 13.6. The Kier molecular flexibility index (Phi) is 16.8. The number of benzene rings is 3. The minimum absolute atomic E-state index is 0.00545. The van der Waals surface area contributed by atoms with Gasteiger partial charge in [-0.15, -0.1) is 0 Å². The maximum Gasteiger partial charge on any atom is 0.490 e. The number of carbonyl (C=O) groups is 4. The molecule has 1 spiro atoms. The topological polar surface area (TPSA) is 183 Å². The van der Waals surface area contributed by atoms with Gasteiger partial charge in [-0.05, 0) is 92.1 Å². The largest absolute Gasteiger partial charge is 0.506 e. The number of hydrogen-bond donors (Lipinski definition) is 4. The molecule has 4 aromatic rings. The Bertz CT molecular complexity index is 2330. The number of likely N-dealkylation sites (tertiary alicyclic amines) is 1. The minimum Gasteiger partial charge on any atom is -0.506 e. The molecule has 0 bridgehead atoms. The third-order valence-electron chi connectivity index (χ3n) is 12.9. The number of ether oxygens (including phenoxy) is 3. The molecule has 67 heavy (non-hydrogen) atoms. The molecule has 3 aliphatic heterocycles. The average Bonchev–Trinajstić information content (AvgIpc) is 3.80. The van der Waals surface area contributed by atoms with Gasteiger partial charge in [-0.25, -0.2) is 4.79 Å². The van der Waals surface area contributed by atoms with E-state index in [0.29, 0.717) is 82.4 Å². The molecular weight excluding hydrogens is 876 g/mol.